The number of nitrogens with one attached hydrogen (secondary N) is 1. The van der Waals surface area contributed by atoms with Crippen molar-refractivity contribution in [1.82, 2.24) is 19.9 Å². The molecule has 5 heterocycles. The maximum absolute atomic E-state index is 16.6. The van der Waals surface area contributed by atoms with Crippen LogP contribution in [0.2, 0.25) is 0 Å². The highest BCUT2D eigenvalue weighted by atomic mass is 19.1. The number of fused-ring (bicyclic) bond motifs is 2. The number of ether oxygens (including phenoxy) is 2. The normalized spacial score (nSPS) is 19.7. The zero-order chi connectivity index (χ0) is 28.3. The molecule has 2 saturated heterocycles. The largest absolute Gasteiger partial charge is 0.508 e. The van der Waals surface area contributed by atoms with E-state index in [-0.39, 0.29) is 64.4 Å². The van der Waals surface area contributed by atoms with Gasteiger partial charge in [-0.05, 0) is 79.7 Å². The van der Waals surface area contributed by atoms with Crippen LogP contribution in [-0.4, -0.2) is 74.6 Å². The summed E-state index contributed by atoms with van der Waals surface area (Å²) in [6.07, 6.45) is 4.62. The van der Waals surface area contributed by atoms with E-state index in [2.05, 4.69) is 25.2 Å². The average Bonchev–Trinajstić information content (AvgIpc) is 3.50. The third-order valence-electron chi connectivity index (χ3n) is 8.76. The quantitative estimate of drug-likeness (QED) is 0.311. The van der Waals surface area contributed by atoms with Gasteiger partial charge >= 0.3 is 6.01 Å². The first-order valence-corrected chi connectivity index (χ1v) is 14.1. The van der Waals surface area contributed by atoms with Gasteiger partial charge in [-0.1, -0.05) is 13.0 Å². The maximum atomic E-state index is 16.6. The minimum absolute atomic E-state index is 0.00905. The van der Waals surface area contributed by atoms with E-state index in [1.165, 1.54) is 18.2 Å². The first kappa shape index (κ1) is 26.1. The van der Waals surface area contributed by atoms with E-state index in [4.69, 9.17) is 9.47 Å². The summed E-state index contributed by atoms with van der Waals surface area (Å²) < 4.78 is 43.6. The summed E-state index contributed by atoms with van der Waals surface area (Å²) in [5.74, 6) is -0.984. The van der Waals surface area contributed by atoms with E-state index in [9.17, 15) is 14.6 Å². The number of aliphatic hydroxyl groups excluding tert-OH is 1. The maximum Gasteiger partial charge on any atom is 0.319 e. The average molecular weight is 564 g/mol. The molecule has 7 rings (SSSR count). The third-order valence-corrected chi connectivity index (χ3v) is 8.76. The molecule has 2 aromatic heterocycles. The second-order valence-electron chi connectivity index (χ2n) is 11.2. The number of aromatic hydroxyl groups is 1. The smallest absolute Gasteiger partial charge is 0.319 e. The zero-order valence-electron chi connectivity index (χ0n) is 22.7. The Labute approximate surface area is 235 Å². The zero-order valence-corrected chi connectivity index (χ0v) is 22.7. The topological polar surface area (TPSA) is 113 Å². The first-order valence-electron chi connectivity index (χ1n) is 14.1. The number of hydrogen-bond acceptors (Lipinski definition) is 9. The van der Waals surface area contributed by atoms with E-state index >= 15 is 4.39 Å². The fraction of sp³-hybridized carbons (Fsp3) is 0.433. The molecule has 0 saturated carbocycles. The van der Waals surface area contributed by atoms with Crippen LogP contribution in [-0.2, 0) is 6.42 Å². The SMILES string of the molecule is CCc1c(F)ccc2cc(O)cc(-c3nc4c5c(nc(OCC67CCCN6CCC7)nc5c3F)NC(CO)CO4)c12. The summed E-state index contributed by atoms with van der Waals surface area (Å²) in [6.45, 7) is 4.07. The third kappa shape index (κ3) is 4.21. The minimum atomic E-state index is -0.773. The van der Waals surface area contributed by atoms with Crippen molar-refractivity contribution < 1.29 is 28.5 Å². The number of nitrogens with zero attached hydrogens (tertiary/aromatic N) is 4. The van der Waals surface area contributed by atoms with E-state index in [1.807, 2.05) is 6.92 Å². The van der Waals surface area contributed by atoms with Crippen molar-refractivity contribution in [3.05, 3.63) is 41.5 Å². The van der Waals surface area contributed by atoms with Crippen LogP contribution < -0.4 is 14.8 Å². The Bertz CT molecular complexity index is 1670. The van der Waals surface area contributed by atoms with Gasteiger partial charge in [-0.3, -0.25) is 4.90 Å². The molecule has 0 bridgehead atoms. The van der Waals surface area contributed by atoms with Gasteiger partial charge in [0.15, 0.2) is 5.82 Å². The second-order valence-corrected chi connectivity index (χ2v) is 11.2. The molecule has 0 amide bonds. The van der Waals surface area contributed by atoms with Gasteiger partial charge in [-0.25, -0.2) is 13.8 Å². The van der Waals surface area contributed by atoms with Gasteiger partial charge in [0.1, 0.15) is 47.2 Å². The van der Waals surface area contributed by atoms with Crippen LogP contribution in [0.5, 0.6) is 17.6 Å². The predicted molar refractivity (Wildman–Crippen MR) is 149 cm³/mol. The molecule has 1 atom stereocenters. The molecule has 214 valence electrons. The predicted octanol–water partition coefficient (Wildman–Crippen LogP) is 4.56. The van der Waals surface area contributed by atoms with Crippen molar-refractivity contribution in [3.63, 3.8) is 0 Å². The summed E-state index contributed by atoms with van der Waals surface area (Å²) in [5.41, 5.74) is 0.333. The van der Waals surface area contributed by atoms with Crippen LogP contribution >= 0.6 is 0 Å². The van der Waals surface area contributed by atoms with Gasteiger partial charge in [-0.15, -0.1) is 0 Å². The number of aryl methyl sites for hydroxylation is 1. The second kappa shape index (κ2) is 9.92. The number of aromatic nitrogens is 3. The monoisotopic (exact) mass is 563 g/mol. The molecule has 2 fully saturated rings. The Hall–Kier alpha value is -3.83. The van der Waals surface area contributed by atoms with Crippen molar-refractivity contribution in [1.29, 1.82) is 0 Å². The summed E-state index contributed by atoms with van der Waals surface area (Å²) in [6, 6.07) is 5.26. The number of aliphatic hydroxyl groups is 1. The minimum Gasteiger partial charge on any atom is -0.508 e. The fourth-order valence-electron chi connectivity index (χ4n) is 6.78. The van der Waals surface area contributed by atoms with Crippen molar-refractivity contribution in [2.24, 2.45) is 0 Å². The molecule has 4 aromatic rings. The molecule has 0 radical (unpaired) electrons. The number of hydrogen-bond donors (Lipinski definition) is 3. The highest BCUT2D eigenvalue weighted by Gasteiger charge is 2.45. The summed E-state index contributed by atoms with van der Waals surface area (Å²) in [4.78, 5) is 16.0. The number of benzene rings is 2. The standard InChI is InChI=1S/C30H31F2N5O4/c1-2-19-21(31)6-5-16-11-18(39)12-20(22(16)19)25-24(32)26-23-27(33-17(13-38)14-40-28(23)34-25)36-29(35-26)41-15-30-7-3-9-37(30)10-4-8-30/h5-6,11-12,17,38-39H,2-4,7-10,13-15H2,1H3,(H,33,35,36). The van der Waals surface area contributed by atoms with Crippen LogP contribution in [0.4, 0.5) is 14.6 Å². The number of halogens is 2. The van der Waals surface area contributed by atoms with Gasteiger partial charge in [0.05, 0.1) is 18.2 Å². The molecule has 3 aliphatic heterocycles. The summed E-state index contributed by atoms with van der Waals surface area (Å²) >= 11 is 0. The number of phenolic OH excluding ortho intramolecular Hbond substituents is 1. The van der Waals surface area contributed by atoms with Gasteiger partial charge in [0.2, 0.25) is 5.88 Å². The Balaban J connectivity index is 1.42. The van der Waals surface area contributed by atoms with Gasteiger partial charge in [0, 0.05) is 5.56 Å². The van der Waals surface area contributed by atoms with Crippen LogP contribution in [0.1, 0.15) is 38.2 Å². The van der Waals surface area contributed by atoms with Gasteiger partial charge in [-0.2, -0.15) is 9.97 Å². The van der Waals surface area contributed by atoms with Crippen LogP contribution in [0.3, 0.4) is 0 Å². The highest BCUT2D eigenvalue weighted by molar-refractivity contribution is 6.03. The first-order chi connectivity index (χ1) is 19.9. The highest BCUT2D eigenvalue weighted by Crippen LogP contribution is 2.43. The van der Waals surface area contributed by atoms with Gasteiger partial charge in [0.25, 0.3) is 0 Å². The lowest BCUT2D eigenvalue weighted by molar-refractivity contribution is 0.108. The lowest BCUT2D eigenvalue weighted by Gasteiger charge is -2.31. The molecule has 0 aliphatic carbocycles. The number of rotatable bonds is 6. The lowest BCUT2D eigenvalue weighted by atomic mass is 9.94. The van der Waals surface area contributed by atoms with Crippen LogP contribution in [0.15, 0.2) is 24.3 Å². The molecule has 3 N–H and O–H groups in total. The molecule has 1 unspecified atom stereocenters. The van der Waals surface area contributed by atoms with Gasteiger partial charge < -0.3 is 25.0 Å². The molecular weight excluding hydrogens is 532 g/mol. The van der Waals surface area contributed by atoms with E-state index in [1.54, 1.807) is 6.07 Å². The molecular formula is C30H31F2N5O4. The number of anilines is 1. The van der Waals surface area contributed by atoms with E-state index in [0.29, 0.717) is 29.4 Å². The van der Waals surface area contributed by atoms with Crippen molar-refractivity contribution in [2.45, 2.75) is 50.6 Å². The van der Waals surface area contributed by atoms with E-state index < -0.39 is 17.7 Å². The molecule has 2 aromatic carbocycles. The van der Waals surface area contributed by atoms with Crippen molar-refractivity contribution in [3.8, 4) is 28.9 Å². The molecule has 3 aliphatic rings. The molecule has 11 heteroatoms. The lowest BCUT2D eigenvalue weighted by Crippen LogP contribution is -2.43. The Morgan fingerprint density at radius 2 is 1.93 bits per heavy atom. The molecule has 41 heavy (non-hydrogen) atoms. The molecule has 9 nitrogen and oxygen atoms in total. The number of phenols is 1. The Morgan fingerprint density at radius 3 is 2.68 bits per heavy atom. The summed E-state index contributed by atoms with van der Waals surface area (Å²) in [5, 5.41) is 24.8. The van der Waals surface area contributed by atoms with E-state index in [0.717, 1.165) is 38.8 Å². The summed E-state index contributed by atoms with van der Waals surface area (Å²) in [7, 11) is 0. The van der Waals surface area contributed by atoms with Crippen molar-refractivity contribution >= 4 is 27.5 Å². The Kier molecular flexibility index (Phi) is 6.31. The fourth-order valence-corrected chi connectivity index (χ4v) is 6.78. The number of pyridine rings is 1. The van der Waals surface area contributed by atoms with Crippen LogP contribution in [0.25, 0.3) is 32.9 Å². The Morgan fingerprint density at radius 1 is 1.12 bits per heavy atom. The van der Waals surface area contributed by atoms with Crippen molar-refractivity contribution in [2.75, 3.05) is 38.2 Å². The molecule has 0 spiro atoms. The van der Waals surface area contributed by atoms with Crippen LogP contribution in [0, 0.1) is 11.6 Å².